The van der Waals surface area contributed by atoms with Crippen molar-refractivity contribution in [2.75, 3.05) is 13.2 Å². The lowest BCUT2D eigenvalue weighted by Crippen LogP contribution is -2.14. The van der Waals surface area contributed by atoms with Gasteiger partial charge in [-0.25, -0.2) is 9.59 Å². The highest BCUT2D eigenvalue weighted by molar-refractivity contribution is 5.91. The number of rotatable bonds is 5. The largest absolute Gasteiger partial charge is 0.460 e. The summed E-state index contributed by atoms with van der Waals surface area (Å²) in [6.07, 6.45) is 5.91. The Morgan fingerprint density at radius 1 is 1.40 bits per heavy atom. The van der Waals surface area contributed by atoms with Gasteiger partial charge in [-0.15, -0.1) is 6.42 Å². The first-order valence-electron chi connectivity index (χ1n) is 4.19. The smallest absolute Gasteiger partial charge is 0.331 e. The molecule has 5 heteroatoms. The molecule has 82 valence electrons. The molecule has 0 saturated carbocycles. The standard InChI is InChI=1S/C10H12O5/c1-3-6-14-9(12)4-5-10(13)15-7-8(2)11/h1,4-5,8,11H,6-7H2,2H3/b5-4-. The summed E-state index contributed by atoms with van der Waals surface area (Å²) in [6, 6.07) is 0. The Hall–Kier alpha value is -1.80. The molecule has 0 rings (SSSR count). The minimum atomic E-state index is -0.740. The van der Waals surface area contributed by atoms with Crippen molar-refractivity contribution in [2.24, 2.45) is 0 Å². The molecule has 0 bridgehead atoms. The highest BCUT2D eigenvalue weighted by Crippen LogP contribution is 1.88. The summed E-state index contributed by atoms with van der Waals surface area (Å²) >= 11 is 0. The molecule has 5 nitrogen and oxygen atoms in total. The first kappa shape index (κ1) is 13.2. The van der Waals surface area contributed by atoms with Crippen molar-refractivity contribution in [3.63, 3.8) is 0 Å². The van der Waals surface area contributed by atoms with Crippen molar-refractivity contribution < 1.29 is 24.2 Å². The zero-order valence-electron chi connectivity index (χ0n) is 8.30. The van der Waals surface area contributed by atoms with Crippen molar-refractivity contribution in [3.8, 4) is 12.3 Å². The van der Waals surface area contributed by atoms with Crippen LogP contribution in [0.15, 0.2) is 12.2 Å². The third-order valence-electron chi connectivity index (χ3n) is 1.12. The van der Waals surface area contributed by atoms with Gasteiger partial charge in [0.1, 0.15) is 6.61 Å². The number of ether oxygens (including phenoxy) is 2. The van der Waals surface area contributed by atoms with E-state index in [0.717, 1.165) is 12.2 Å². The number of esters is 2. The van der Waals surface area contributed by atoms with Crippen LogP contribution in [0.25, 0.3) is 0 Å². The highest BCUT2D eigenvalue weighted by atomic mass is 16.5. The molecule has 15 heavy (non-hydrogen) atoms. The molecular weight excluding hydrogens is 200 g/mol. The Labute approximate surface area is 87.7 Å². The Balaban J connectivity index is 3.80. The van der Waals surface area contributed by atoms with Crippen LogP contribution in [0.2, 0.25) is 0 Å². The molecule has 0 aromatic heterocycles. The Morgan fingerprint density at radius 2 is 1.93 bits per heavy atom. The zero-order chi connectivity index (χ0) is 11.7. The van der Waals surface area contributed by atoms with Gasteiger partial charge in [0.15, 0.2) is 6.61 Å². The van der Waals surface area contributed by atoms with E-state index in [-0.39, 0.29) is 13.2 Å². The predicted molar refractivity (Wildman–Crippen MR) is 51.6 cm³/mol. The van der Waals surface area contributed by atoms with Crippen molar-refractivity contribution in [1.29, 1.82) is 0 Å². The van der Waals surface area contributed by atoms with Gasteiger partial charge in [-0.1, -0.05) is 5.92 Å². The molecule has 1 N–H and O–H groups in total. The molecule has 1 unspecified atom stereocenters. The van der Waals surface area contributed by atoms with Crippen LogP contribution in [0.1, 0.15) is 6.92 Å². The van der Waals surface area contributed by atoms with Crippen LogP contribution in [-0.4, -0.2) is 36.4 Å². The lowest BCUT2D eigenvalue weighted by molar-refractivity contribution is -0.141. The molecule has 0 spiro atoms. The van der Waals surface area contributed by atoms with Crippen LogP contribution in [-0.2, 0) is 19.1 Å². The van der Waals surface area contributed by atoms with E-state index in [9.17, 15) is 9.59 Å². The minimum absolute atomic E-state index is 0.122. The Bertz CT molecular complexity index is 285. The van der Waals surface area contributed by atoms with E-state index in [0.29, 0.717) is 0 Å². The molecule has 0 heterocycles. The van der Waals surface area contributed by atoms with Crippen molar-refractivity contribution in [1.82, 2.24) is 0 Å². The van der Waals surface area contributed by atoms with E-state index in [1.807, 2.05) is 0 Å². The van der Waals surface area contributed by atoms with Crippen molar-refractivity contribution in [2.45, 2.75) is 13.0 Å². The monoisotopic (exact) mass is 212 g/mol. The topological polar surface area (TPSA) is 72.8 Å². The number of aliphatic hydroxyl groups excluding tert-OH is 1. The molecule has 0 aliphatic heterocycles. The Morgan fingerprint density at radius 3 is 2.40 bits per heavy atom. The first-order valence-corrected chi connectivity index (χ1v) is 4.19. The zero-order valence-corrected chi connectivity index (χ0v) is 8.30. The van der Waals surface area contributed by atoms with Crippen LogP contribution in [0, 0.1) is 12.3 Å². The summed E-state index contributed by atoms with van der Waals surface area (Å²) in [7, 11) is 0. The number of aliphatic hydroxyl groups is 1. The van der Waals surface area contributed by atoms with Gasteiger partial charge in [-0.3, -0.25) is 0 Å². The van der Waals surface area contributed by atoms with Gasteiger partial charge in [0.25, 0.3) is 0 Å². The van der Waals surface area contributed by atoms with Gasteiger partial charge in [-0.2, -0.15) is 0 Å². The van der Waals surface area contributed by atoms with E-state index < -0.39 is 18.0 Å². The number of hydrogen-bond donors (Lipinski definition) is 1. The summed E-state index contributed by atoms with van der Waals surface area (Å²) in [5, 5.41) is 8.78. The van der Waals surface area contributed by atoms with Crippen LogP contribution >= 0.6 is 0 Å². The predicted octanol–water partition coefficient (Wildman–Crippen LogP) is -0.357. The van der Waals surface area contributed by atoms with Crippen LogP contribution in [0.5, 0.6) is 0 Å². The fourth-order valence-electron chi connectivity index (χ4n) is 0.548. The molecule has 1 atom stereocenters. The maximum atomic E-state index is 10.9. The van der Waals surface area contributed by atoms with Crippen LogP contribution in [0.3, 0.4) is 0 Å². The summed E-state index contributed by atoms with van der Waals surface area (Å²) in [5.41, 5.74) is 0. The van der Waals surface area contributed by atoms with Gasteiger partial charge in [-0.05, 0) is 6.92 Å². The van der Waals surface area contributed by atoms with Crippen LogP contribution < -0.4 is 0 Å². The maximum Gasteiger partial charge on any atom is 0.331 e. The number of carbonyl (C=O) groups excluding carboxylic acids is 2. The molecule has 0 amide bonds. The van der Waals surface area contributed by atoms with Gasteiger partial charge >= 0.3 is 11.9 Å². The second-order valence-corrected chi connectivity index (χ2v) is 2.62. The third-order valence-corrected chi connectivity index (χ3v) is 1.12. The molecule has 0 aliphatic carbocycles. The van der Waals surface area contributed by atoms with E-state index in [1.165, 1.54) is 6.92 Å². The summed E-state index contributed by atoms with van der Waals surface area (Å²) in [4.78, 5) is 21.6. The van der Waals surface area contributed by atoms with E-state index >= 15 is 0 Å². The van der Waals surface area contributed by atoms with E-state index in [4.69, 9.17) is 11.5 Å². The molecule has 0 aromatic carbocycles. The van der Waals surface area contributed by atoms with Gasteiger partial charge in [0, 0.05) is 12.2 Å². The maximum absolute atomic E-state index is 10.9. The second-order valence-electron chi connectivity index (χ2n) is 2.62. The fourth-order valence-corrected chi connectivity index (χ4v) is 0.548. The average Bonchev–Trinajstić information content (AvgIpc) is 2.20. The molecule has 0 aromatic rings. The average molecular weight is 212 g/mol. The van der Waals surface area contributed by atoms with Gasteiger partial charge in [0.2, 0.25) is 0 Å². The quantitative estimate of drug-likeness (QED) is 0.383. The lowest BCUT2D eigenvalue weighted by Gasteiger charge is -2.03. The normalized spacial score (nSPS) is 11.8. The summed E-state index contributed by atoms with van der Waals surface area (Å²) in [6.45, 7) is 1.20. The minimum Gasteiger partial charge on any atom is -0.460 e. The first-order chi connectivity index (χ1) is 7.06. The molecule has 0 aliphatic rings. The van der Waals surface area contributed by atoms with Crippen molar-refractivity contribution >= 4 is 11.9 Å². The van der Waals surface area contributed by atoms with Crippen LogP contribution in [0.4, 0.5) is 0 Å². The molecule has 0 radical (unpaired) electrons. The molecule has 0 fully saturated rings. The third kappa shape index (κ3) is 8.53. The summed E-state index contributed by atoms with van der Waals surface area (Å²) in [5.74, 6) is 0.652. The molecular formula is C10H12O5. The summed E-state index contributed by atoms with van der Waals surface area (Å²) < 4.78 is 8.98. The van der Waals surface area contributed by atoms with Gasteiger partial charge in [0.05, 0.1) is 6.10 Å². The molecule has 0 saturated heterocycles. The van der Waals surface area contributed by atoms with Gasteiger partial charge < -0.3 is 14.6 Å². The van der Waals surface area contributed by atoms with E-state index in [2.05, 4.69) is 15.4 Å². The SMILES string of the molecule is C#CCOC(=O)/C=C\C(=O)OCC(C)O. The number of carbonyl (C=O) groups is 2. The van der Waals surface area contributed by atoms with E-state index in [1.54, 1.807) is 0 Å². The second kappa shape index (κ2) is 7.59. The fraction of sp³-hybridized carbons (Fsp3) is 0.400. The number of hydrogen-bond acceptors (Lipinski definition) is 5. The lowest BCUT2D eigenvalue weighted by atomic mass is 10.4. The van der Waals surface area contributed by atoms with Crippen molar-refractivity contribution in [3.05, 3.63) is 12.2 Å². The number of terminal acetylenes is 1. The highest BCUT2D eigenvalue weighted by Gasteiger charge is 2.02. The Kier molecular flexibility index (Phi) is 6.68.